The molecule has 6 nitrogen and oxygen atoms in total. The number of fused-ring (bicyclic) bond motifs is 3. The summed E-state index contributed by atoms with van der Waals surface area (Å²) in [6, 6.07) is 4.41. The summed E-state index contributed by atoms with van der Waals surface area (Å²) in [6.45, 7) is 5.73. The minimum atomic E-state index is -0.458. The largest absolute Gasteiger partial charge is 0.444 e. The topological polar surface area (TPSA) is 59.7 Å². The number of hydrogen-bond donors (Lipinski definition) is 0. The van der Waals surface area contributed by atoms with Gasteiger partial charge in [-0.25, -0.2) is 4.79 Å². The third-order valence-electron chi connectivity index (χ3n) is 4.66. The van der Waals surface area contributed by atoms with Crippen LogP contribution in [-0.2, 0) is 4.74 Å². The second-order valence-electron chi connectivity index (χ2n) is 7.60. The lowest BCUT2D eigenvalue weighted by Crippen LogP contribution is -2.45. The Kier molecular flexibility index (Phi) is 3.37. The molecule has 2 bridgehead atoms. The quantitative estimate of drug-likeness (QED) is 0.807. The average molecular weight is 326 g/mol. The summed E-state index contributed by atoms with van der Waals surface area (Å²) in [5, 5.41) is 7.96. The lowest BCUT2D eigenvalue weighted by Gasteiger charge is -2.35. The van der Waals surface area contributed by atoms with Crippen LogP contribution in [0.5, 0.6) is 0 Å². The molecule has 2 aliphatic heterocycles. The van der Waals surface area contributed by atoms with Gasteiger partial charge in [0.2, 0.25) is 0 Å². The van der Waals surface area contributed by atoms with Crippen LogP contribution in [0.1, 0.15) is 45.6 Å². The number of pyridine rings is 1. The van der Waals surface area contributed by atoms with Gasteiger partial charge < -0.3 is 4.74 Å². The summed E-state index contributed by atoms with van der Waals surface area (Å²) < 4.78 is 7.51. The predicted octanol–water partition coefficient (Wildman–Crippen LogP) is 3.28. The molecular weight excluding hydrogens is 304 g/mol. The molecule has 0 N–H and O–H groups in total. The first-order chi connectivity index (χ1) is 11.4. The van der Waals surface area contributed by atoms with E-state index in [2.05, 4.69) is 28.5 Å². The van der Waals surface area contributed by atoms with Gasteiger partial charge in [-0.3, -0.25) is 9.30 Å². The Labute approximate surface area is 141 Å². The van der Waals surface area contributed by atoms with Crippen LogP contribution in [0.15, 0.2) is 30.7 Å². The summed E-state index contributed by atoms with van der Waals surface area (Å²) >= 11 is 0. The van der Waals surface area contributed by atoms with Crippen LogP contribution >= 0.6 is 0 Å². The van der Waals surface area contributed by atoms with E-state index in [0.29, 0.717) is 0 Å². The molecule has 1 fully saturated rings. The van der Waals surface area contributed by atoms with Crippen molar-refractivity contribution in [1.82, 2.24) is 19.5 Å². The second-order valence-corrected chi connectivity index (χ2v) is 7.60. The summed E-state index contributed by atoms with van der Waals surface area (Å²) in [4.78, 5) is 14.4. The Morgan fingerprint density at radius 2 is 2.12 bits per heavy atom. The van der Waals surface area contributed by atoms with Crippen molar-refractivity contribution in [3.63, 3.8) is 0 Å². The van der Waals surface area contributed by atoms with Crippen LogP contribution in [0, 0.1) is 0 Å². The van der Waals surface area contributed by atoms with Crippen molar-refractivity contribution >= 4 is 17.3 Å². The molecule has 0 aliphatic carbocycles. The first-order valence-electron chi connectivity index (χ1n) is 8.42. The van der Waals surface area contributed by atoms with Crippen molar-refractivity contribution in [3.05, 3.63) is 36.3 Å². The molecule has 2 unspecified atom stereocenters. The van der Waals surface area contributed by atoms with Crippen molar-refractivity contribution < 1.29 is 9.53 Å². The van der Waals surface area contributed by atoms with Crippen molar-refractivity contribution in [2.24, 2.45) is 0 Å². The molecule has 4 heterocycles. The number of carbonyl (C=O) groups is 1. The van der Waals surface area contributed by atoms with E-state index in [4.69, 9.17) is 4.74 Å². The Hall–Kier alpha value is -2.37. The van der Waals surface area contributed by atoms with Crippen LogP contribution in [0.2, 0.25) is 0 Å². The van der Waals surface area contributed by atoms with Crippen molar-refractivity contribution in [3.8, 4) is 0 Å². The Bertz CT molecular complexity index is 818. The van der Waals surface area contributed by atoms with Crippen molar-refractivity contribution in [1.29, 1.82) is 0 Å². The zero-order chi connectivity index (χ0) is 16.9. The highest BCUT2D eigenvalue weighted by atomic mass is 16.6. The Balaban J connectivity index is 1.60. The number of nitrogens with zero attached hydrogens (tertiary/aromatic N) is 4. The zero-order valence-electron chi connectivity index (χ0n) is 14.3. The van der Waals surface area contributed by atoms with Gasteiger partial charge in [-0.1, -0.05) is 6.08 Å². The van der Waals surface area contributed by atoms with E-state index in [1.807, 2.05) is 36.1 Å². The number of ether oxygens (including phenoxy) is 1. The molecule has 1 saturated heterocycles. The van der Waals surface area contributed by atoms with Crippen LogP contribution in [0.4, 0.5) is 4.79 Å². The highest BCUT2D eigenvalue weighted by molar-refractivity contribution is 5.75. The van der Waals surface area contributed by atoms with Crippen LogP contribution < -0.4 is 0 Å². The highest BCUT2D eigenvalue weighted by Crippen LogP contribution is 2.39. The van der Waals surface area contributed by atoms with Gasteiger partial charge in [-0.15, -0.1) is 10.2 Å². The lowest BCUT2D eigenvalue weighted by atomic mass is 9.96. The van der Waals surface area contributed by atoms with Gasteiger partial charge in [-0.05, 0) is 63.3 Å². The predicted molar refractivity (Wildman–Crippen MR) is 90.5 cm³/mol. The van der Waals surface area contributed by atoms with E-state index < -0.39 is 5.60 Å². The van der Waals surface area contributed by atoms with E-state index in [1.54, 1.807) is 6.33 Å². The van der Waals surface area contributed by atoms with E-state index in [9.17, 15) is 4.79 Å². The molecule has 2 aliphatic rings. The Morgan fingerprint density at radius 1 is 1.29 bits per heavy atom. The molecule has 6 heteroatoms. The third kappa shape index (κ3) is 2.66. The van der Waals surface area contributed by atoms with Crippen molar-refractivity contribution in [2.45, 2.75) is 57.7 Å². The third-order valence-corrected chi connectivity index (χ3v) is 4.66. The summed E-state index contributed by atoms with van der Waals surface area (Å²) in [5.74, 6) is 0. The van der Waals surface area contributed by atoms with Gasteiger partial charge in [0.15, 0.2) is 5.65 Å². The van der Waals surface area contributed by atoms with Crippen LogP contribution in [-0.4, -0.2) is 43.3 Å². The molecule has 2 atom stereocenters. The molecule has 0 aromatic carbocycles. The summed E-state index contributed by atoms with van der Waals surface area (Å²) in [5.41, 5.74) is 2.84. The van der Waals surface area contributed by atoms with Gasteiger partial charge in [0, 0.05) is 12.2 Å². The van der Waals surface area contributed by atoms with Gasteiger partial charge in [0.1, 0.15) is 11.9 Å². The monoisotopic (exact) mass is 326 g/mol. The fourth-order valence-corrected chi connectivity index (χ4v) is 3.66. The zero-order valence-corrected chi connectivity index (χ0v) is 14.3. The SMILES string of the molecule is CC(C)(C)OC(=O)N1C2C=C(c3ccc4nncn4c3)CC1CC2. The fraction of sp³-hybridized carbons (Fsp3) is 0.500. The molecule has 126 valence electrons. The van der Waals surface area contributed by atoms with Gasteiger partial charge >= 0.3 is 6.09 Å². The second kappa shape index (κ2) is 5.33. The fourth-order valence-electron chi connectivity index (χ4n) is 3.66. The minimum Gasteiger partial charge on any atom is -0.444 e. The maximum atomic E-state index is 12.5. The molecule has 24 heavy (non-hydrogen) atoms. The number of carbonyl (C=O) groups excluding carboxylic acids is 1. The van der Waals surface area contributed by atoms with Crippen LogP contribution in [0.25, 0.3) is 11.2 Å². The maximum Gasteiger partial charge on any atom is 0.411 e. The molecular formula is C18H22N4O2. The van der Waals surface area contributed by atoms with Gasteiger partial charge in [0.25, 0.3) is 0 Å². The smallest absolute Gasteiger partial charge is 0.411 e. The van der Waals surface area contributed by atoms with Gasteiger partial charge in [-0.2, -0.15) is 0 Å². The van der Waals surface area contributed by atoms with Crippen LogP contribution in [0.3, 0.4) is 0 Å². The lowest BCUT2D eigenvalue weighted by molar-refractivity contribution is 0.0175. The number of aromatic nitrogens is 3. The average Bonchev–Trinajstić information content (AvgIpc) is 3.07. The Morgan fingerprint density at radius 3 is 2.88 bits per heavy atom. The first-order valence-corrected chi connectivity index (χ1v) is 8.42. The number of amides is 1. The molecule has 2 aromatic heterocycles. The number of hydrogen-bond acceptors (Lipinski definition) is 4. The van der Waals surface area contributed by atoms with E-state index in [1.165, 1.54) is 11.1 Å². The summed E-state index contributed by atoms with van der Waals surface area (Å²) in [7, 11) is 0. The molecule has 1 amide bonds. The molecule has 0 radical (unpaired) electrons. The molecule has 2 aromatic rings. The molecule has 0 spiro atoms. The van der Waals surface area contributed by atoms with E-state index in [0.717, 1.165) is 24.9 Å². The minimum absolute atomic E-state index is 0.130. The molecule has 0 saturated carbocycles. The first kappa shape index (κ1) is 15.2. The maximum absolute atomic E-state index is 12.5. The molecule has 4 rings (SSSR count). The van der Waals surface area contributed by atoms with Crippen molar-refractivity contribution in [2.75, 3.05) is 0 Å². The highest BCUT2D eigenvalue weighted by Gasteiger charge is 2.41. The normalized spacial score (nSPS) is 23.5. The van der Waals surface area contributed by atoms with Gasteiger partial charge in [0.05, 0.1) is 6.04 Å². The number of rotatable bonds is 1. The summed E-state index contributed by atoms with van der Waals surface area (Å²) in [6.07, 6.45) is 8.69. The standard InChI is InChI=1S/C18H22N4O2/c1-18(2,3)24-17(23)22-14-5-6-15(22)9-13(8-14)12-4-7-16-20-19-11-21(16)10-12/h4,7-8,10-11,14-15H,5-6,9H2,1-3H3. The van der Waals surface area contributed by atoms with E-state index in [-0.39, 0.29) is 18.2 Å². The van der Waals surface area contributed by atoms with E-state index >= 15 is 0 Å².